The highest BCUT2D eigenvalue weighted by molar-refractivity contribution is 7.91. The molecule has 1 aliphatic rings. The fourth-order valence-corrected chi connectivity index (χ4v) is 8.18. The van der Waals surface area contributed by atoms with Gasteiger partial charge in [-0.15, -0.1) is 0 Å². The van der Waals surface area contributed by atoms with Gasteiger partial charge in [0.2, 0.25) is 10.0 Å². The molecule has 0 bridgehead atoms. The second-order valence-electron chi connectivity index (χ2n) is 12.8. The second kappa shape index (κ2) is 11.5. The van der Waals surface area contributed by atoms with Crippen LogP contribution < -0.4 is 0 Å². The van der Waals surface area contributed by atoms with Crippen LogP contribution in [-0.4, -0.2) is 46.5 Å². The van der Waals surface area contributed by atoms with Gasteiger partial charge in [0.25, 0.3) is 0 Å². The average Bonchev–Trinajstić information content (AvgIpc) is 3.57. The van der Waals surface area contributed by atoms with E-state index in [4.69, 9.17) is 9.72 Å². The van der Waals surface area contributed by atoms with Crippen LogP contribution in [0.5, 0.6) is 0 Å². The molecule has 2 aromatic heterocycles. The number of aromatic nitrogens is 3. The molecule has 10 heteroatoms. The van der Waals surface area contributed by atoms with Gasteiger partial charge in [0.05, 0.1) is 28.2 Å². The van der Waals surface area contributed by atoms with Crippen molar-refractivity contribution in [2.45, 2.75) is 76.9 Å². The van der Waals surface area contributed by atoms with E-state index >= 15 is 0 Å². The maximum absolute atomic E-state index is 14.2. The quantitative estimate of drug-likeness (QED) is 0.155. The Morgan fingerprint density at radius 1 is 1.21 bits per heavy atom. The van der Waals surface area contributed by atoms with E-state index in [1.54, 1.807) is 31.3 Å². The molecule has 0 aliphatic heterocycles. The van der Waals surface area contributed by atoms with Gasteiger partial charge in [-0.3, -0.25) is 0 Å². The highest BCUT2D eigenvalue weighted by Crippen LogP contribution is 2.37. The van der Waals surface area contributed by atoms with Gasteiger partial charge in [0.1, 0.15) is 23.4 Å². The summed E-state index contributed by atoms with van der Waals surface area (Å²) in [7, 11) is -5.14. The minimum absolute atomic E-state index is 0.196. The smallest absolute Gasteiger partial charge is 0.248 e. The van der Waals surface area contributed by atoms with E-state index in [0.29, 0.717) is 46.4 Å². The summed E-state index contributed by atoms with van der Waals surface area (Å²) < 4.78 is 36.5. The van der Waals surface area contributed by atoms with Crippen molar-refractivity contribution in [2.75, 3.05) is 6.61 Å². The number of nitrogens with zero attached hydrogens (tertiary/aromatic N) is 4. The maximum Gasteiger partial charge on any atom is 0.248 e. The van der Waals surface area contributed by atoms with Crippen LogP contribution in [0, 0.1) is 18.3 Å². The van der Waals surface area contributed by atoms with Crippen molar-refractivity contribution in [1.29, 1.82) is 5.26 Å². The second-order valence-corrected chi connectivity index (χ2v) is 20.7. The normalized spacial score (nSPS) is 18.2. The Morgan fingerprint density at radius 3 is 2.67 bits per heavy atom. The third-order valence-corrected chi connectivity index (χ3v) is 12.3. The third-order valence-electron chi connectivity index (χ3n) is 8.31. The van der Waals surface area contributed by atoms with Crippen LogP contribution in [0.2, 0.25) is 25.7 Å². The number of aliphatic hydroxyl groups is 1. The van der Waals surface area contributed by atoms with Crippen molar-refractivity contribution < 1.29 is 18.3 Å². The summed E-state index contributed by atoms with van der Waals surface area (Å²) in [4.78, 5) is 4.76. The number of imidazole rings is 1. The molecule has 0 radical (unpaired) electrons. The van der Waals surface area contributed by atoms with E-state index in [2.05, 4.69) is 25.7 Å². The number of nitriles is 1. The first-order valence-electron chi connectivity index (χ1n) is 14.7. The molecule has 0 spiro atoms. The first kappa shape index (κ1) is 30.9. The zero-order chi connectivity index (χ0) is 31.2. The van der Waals surface area contributed by atoms with Crippen molar-refractivity contribution in [1.82, 2.24) is 13.5 Å². The van der Waals surface area contributed by atoms with E-state index in [1.807, 2.05) is 54.8 Å². The standard InChI is InChI=1S/C33H40N4O4SSi/c1-7-24-9-8-15-33(3,20-24)42(39,40)37-16-14-26-27(12-10-23(2)30(26)37)31(38)32-35-28-19-25(21-34)11-13-29(28)36(32)22-41-17-18-43(4,5)6/h8-14,16,19-20,31,38H,7,15,17-18,22H2,1-6H3. The van der Waals surface area contributed by atoms with Crippen LogP contribution in [0.25, 0.3) is 21.9 Å². The number of allylic oxidation sites excluding steroid dienone is 3. The number of rotatable bonds is 10. The highest BCUT2D eigenvalue weighted by Gasteiger charge is 2.40. The van der Waals surface area contributed by atoms with Crippen LogP contribution in [0.15, 0.2) is 66.4 Å². The lowest BCUT2D eigenvalue weighted by Gasteiger charge is -2.29. The third kappa shape index (κ3) is 5.75. The molecule has 0 saturated carbocycles. The number of benzene rings is 2. The minimum Gasteiger partial charge on any atom is -0.380 e. The van der Waals surface area contributed by atoms with Gasteiger partial charge in [0.15, 0.2) is 0 Å². The molecule has 0 amide bonds. The zero-order valence-corrected chi connectivity index (χ0v) is 27.6. The minimum atomic E-state index is -3.84. The first-order valence-corrected chi connectivity index (χ1v) is 19.8. The summed E-state index contributed by atoms with van der Waals surface area (Å²) in [6.07, 6.45) is 7.34. The Balaban J connectivity index is 1.60. The lowest BCUT2D eigenvalue weighted by atomic mass is 9.96. The lowest BCUT2D eigenvalue weighted by molar-refractivity contribution is 0.0816. The van der Waals surface area contributed by atoms with Crippen molar-refractivity contribution in [3.05, 3.63) is 88.9 Å². The summed E-state index contributed by atoms with van der Waals surface area (Å²) in [6.45, 7) is 13.3. The molecule has 2 aromatic carbocycles. The zero-order valence-electron chi connectivity index (χ0n) is 25.8. The molecule has 2 atom stereocenters. The van der Waals surface area contributed by atoms with Crippen LogP contribution in [0.1, 0.15) is 55.3 Å². The molecular weight excluding hydrogens is 577 g/mol. The first-order chi connectivity index (χ1) is 20.3. The van der Waals surface area contributed by atoms with Crippen molar-refractivity contribution >= 4 is 40.0 Å². The molecule has 1 aliphatic carbocycles. The van der Waals surface area contributed by atoms with Gasteiger partial charge in [-0.2, -0.15) is 5.26 Å². The maximum atomic E-state index is 14.2. The predicted molar refractivity (Wildman–Crippen MR) is 174 cm³/mol. The van der Waals surface area contributed by atoms with Crippen LogP contribution in [0.4, 0.5) is 0 Å². The van der Waals surface area contributed by atoms with Crippen molar-refractivity contribution in [3.63, 3.8) is 0 Å². The highest BCUT2D eigenvalue weighted by atomic mass is 32.2. The molecule has 0 fully saturated rings. The van der Waals surface area contributed by atoms with Crippen LogP contribution in [-0.2, 0) is 21.5 Å². The summed E-state index contributed by atoms with van der Waals surface area (Å²) in [5.41, 5.74) is 4.68. The fraction of sp³-hybridized carbons (Fsp3) is 0.394. The summed E-state index contributed by atoms with van der Waals surface area (Å²) in [6, 6.07) is 13.8. The molecule has 226 valence electrons. The van der Waals surface area contributed by atoms with E-state index in [1.165, 1.54) is 3.97 Å². The Kier molecular flexibility index (Phi) is 8.31. The summed E-state index contributed by atoms with van der Waals surface area (Å²) in [5, 5.41) is 22.0. The topological polar surface area (TPSA) is 110 Å². The molecule has 0 saturated heterocycles. The number of fused-ring (bicyclic) bond motifs is 2. The molecular formula is C33H40N4O4SSi. The van der Waals surface area contributed by atoms with Gasteiger partial charge in [0, 0.05) is 26.3 Å². The Hall–Kier alpha value is -3.49. The van der Waals surface area contributed by atoms with Gasteiger partial charge >= 0.3 is 0 Å². The summed E-state index contributed by atoms with van der Waals surface area (Å²) in [5.74, 6) is 0.374. The van der Waals surface area contributed by atoms with Crippen molar-refractivity contribution in [2.24, 2.45) is 0 Å². The molecule has 1 N–H and O–H groups in total. The monoisotopic (exact) mass is 616 g/mol. The van der Waals surface area contributed by atoms with Crippen LogP contribution >= 0.6 is 0 Å². The molecule has 2 unspecified atom stereocenters. The molecule has 8 nitrogen and oxygen atoms in total. The number of ether oxygens (including phenoxy) is 1. The SMILES string of the molecule is CCC1=CC(C)(S(=O)(=O)n2ccc3c(C(O)c4nc5cc(C#N)ccc5n4COCC[Si](C)(C)C)ccc(C)c32)CC=C1. The molecule has 5 rings (SSSR count). The summed E-state index contributed by atoms with van der Waals surface area (Å²) >= 11 is 0. The number of hydrogen-bond donors (Lipinski definition) is 1. The Morgan fingerprint density at radius 2 is 1.98 bits per heavy atom. The largest absolute Gasteiger partial charge is 0.380 e. The lowest BCUT2D eigenvalue weighted by Crippen LogP contribution is -2.38. The van der Waals surface area contributed by atoms with Crippen LogP contribution in [0.3, 0.4) is 0 Å². The molecule has 4 aromatic rings. The van der Waals surface area contributed by atoms with E-state index in [0.717, 1.165) is 29.1 Å². The number of hydrogen-bond acceptors (Lipinski definition) is 6. The van der Waals surface area contributed by atoms with E-state index in [-0.39, 0.29) is 6.73 Å². The van der Waals surface area contributed by atoms with E-state index < -0.39 is 28.9 Å². The van der Waals surface area contributed by atoms with Gasteiger partial charge < -0.3 is 14.4 Å². The van der Waals surface area contributed by atoms with Crippen molar-refractivity contribution in [3.8, 4) is 6.07 Å². The van der Waals surface area contributed by atoms with Gasteiger partial charge in [-0.1, -0.05) is 62.5 Å². The van der Waals surface area contributed by atoms with Gasteiger partial charge in [-0.05, 0) is 68.1 Å². The Bertz CT molecular complexity index is 1910. The molecule has 2 heterocycles. The predicted octanol–water partition coefficient (Wildman–Crippen LogP) is 6.80. The Labute approximate surface area is 255 Å². The average molecular weight is 617 g/mol. The number of aryl methyl sites for hydroxylation is 1. The number of aliphatic hydroxyl groups excluding tert-OH is 1. The van der Waals surface area contributed by atoms with E-state index in [9.17, 15) is 18.8 Å². The fourth-order valence-electron chi connectivity index (χ4n) is 5.66. The molecule has 43 heavy (non-hydrogen) atoms. The van der Waals surface area contributed by atoms with Gasteiger partial charge in [-0.25, -0.2) is 17.4 Å².